The van der Waals surface area contributed by atoms with Gasteiger partial charge in [0.15, 0.2) is 11.5 Å². The number of carbonyl (C=O) groups excluding carboxylic acids is 1. The molecule has 2 aromatic rings. The molecule has 4 rings (SSSR count). The Labute approximate surface area is 171 Å². The Hall–Kier alpha value is -2.67. The van der Waals surface area contributed by atoms with E-state index in [1.54, 1.807) is 26.6 Å². The highest BCUT2D eigenvalue weighted by molar-refractivity contribution is 5.84. The van der Waals surface area contributed by atoms with Crippen LogP contribution in [0.15, 0.2) is 36.7 Å². The van der Waals surface area contributed by atoms with Crippen LogP contribution in [0.5, 0.6) is 11.5 Å². The zero-order chi connectivity index (χ0) is 20.3. The molecule has 7 nitrogen and oxygen atoms in total. The lowest BCUT2D eigenvalue weighted by Gasteiger charge is -2.39. The van der Waals surface area contributed by atoms with Crippen molar-refractivity contribution >= 4 is 5.91 Å². The van der Waals surface area contributed by atoms with Gasteiger partial charge in [0.2, 0.25) is 5.91 Å². The van der Waals surface area contributed by atoms with Crippen LogP contribution in [0.1, 0.15) is 30.7 Å². The molecule has 2 aliphatic rings. The molecule has 0 saturated carbocycles. The average molecular weight is 396 g/mol. The molecule has 154 valence electrons. The van der Waals surface area contributed by atoms with Crippen LogP contribution in [0.2, 0.25) is 0 Å². The molecule has 2 aliphatic heterocycles. The molecule has 1 amide bonds. The number of nitrogens with zero attached hydrogens (tertiary/aromatic N) is 4. The number of para-hydroxylation sites is 1. The van der Waals surface area contributed by atoms with Crippen molar-refractivity contribution in [1.82, 2.24) is 19.8 Å². The molecule has 7 heteroatoms. The molecule has 0 N–H and O–H groups in total. The average Bonchev–Trinajstić information content (AvgIpc) is 3.15. The van der Waals surface area contributed by atoms with Crippen molar-refractivity contribution in [1.29, 1.82) is 0 Å². The van der Waals surface area contributed by atoms with Gasteiger partial charge in [0.25, 0.3) is 0 Å². The zero-order valence-electron chi connectivity index (χ0n) is 17.1. The Kier molecular flexibility index (Phi) is 5.67. The van der Waals surface area contributed by atoms with E-state index in [0.29, 0.717) is 24.6 Å². The van der Waals surface area contributed by atoms with Crippen LogP contribution in [0, 0.1) is 5.41 Å². The van der Waals surface area contributed by atoms with Crippen LogP contribution in [0.3, 0.4) is 0 Å². The summed E-state index contributed by atoms with van der Waals surface area (Å²) in [6.07, 6.45) is 6.40. The normalized spacial score (nSPS) is 22.3. The highest BCUT2D eigenvalue weighted by Gasteiger charge is 2.48. The first-order valence-electron chi connectivity index (χ1n) is 10.1. The monoisotopic (exact) mass is 396 g/mol. The Morgan fingerprint density at radius 2 is 1.86 bits per heavy atom. The maximum Gasteiger partial charge on any atom is 0.230 e. The number of hydrogen-bond donors (Lipinski definition) is 0. The molecule has 2 saturated heterocycles. The van der Waals surface area contributed by atoms with Crippen LogP contribution in [0.4, 0.5) is 0 Å². The van der Waals surface area contributed by atoms with E-state index in [1.807, 2.05) is 29.2 Å². The first-order valence-corrected chi connectivity index (χ1v) is 10.1. The van der Waals surface area contributed by atoms with Crippen LogP contribution in [0.25, 0.3) is 0 Å². The van der Waals surface area contributed by atoms with Gasteiger partial charge in [-0.3, -0.25) is 9.69 Å². The largest absolute Gasteiger partial charge is 0.493 e. The molecule has 1 aromatic heterocycles. The molecule has 1 aromatic carbocycles. The van der Waals surface area contributed by atoms with Crippen molar-refractivity contribution < 1.29 is 14.3 Å². The molecule has 0 radical (unpaired) electrons. The summed E-state index contributed by atoms with van der Waals surface area (Å²) < 4.78 is 11.0. The fraction of sp³-hybridized carbons (Fsp3) is 0.500. The third-order valence-electron chi connectivity index (χ3n) is 6.09. The second kappa shape index (κ2) is 8.37. The van der Waals surface area contributed by atoms with Gasteiger partial charge in [-0.05, 0) is 37.9 Å². The van der Waals surface area contributed by atoms with E-state index in [1.165, 1.54) is 0 Å². The first-order chi connectivity index (χ1) is 14.1. The van der Waals surface area contributed by atoms with Crippen LogP contribution < -0.4 is 9.47 Å². The minimum Gasteiger partial charge on any atom is -0.493 e. The van der Waals surface area contributed by atoms with E-state index in [-0.39, 0.29) is 11.3 Å². The minimum atomic E-state index is -0.293. The van der Waals surface area contributed by atoms with E-state index in [2.05, 4.69) is 14.9 Å². The van der Waals surface area contributed by atoms with Crippen molar-refractivity contribution in [3.63, 3.8) is 0 Å². The van der Waals surface area contributed by atoms with Gasteiger partial charge in [0.1, 0.15) is 5.82 Å². The van der Waals surface area contributed by atoms with Gasteiger partial charge < -0.3 is 14.4 Å². The molecule has 2 fully saturated rings. The fourth-order valence-corrected chi connectivity index (χ4v) is 4.67. The summed E-state index contributed by atoms with van der Waals surface area (Å²) in [4.78, 5) is 26.5. The summed E-state index contributed by atoms with van der Waals surface area (Å²) in [6.45, 7) is 3.70. The second-order valence-corrected chi connectivity index (χ2v) is 7.89. The quantitative estimate of drug-likeness (QED) is 0.747. The number of ether oxygens (including phenoxy) is 2. The molecule has 0 aliphatic carbocycles. The van der Waals surface area contributed by atoms with Crippen LogP contribution >= 0.6 is 0 Å². The summed E-state index contributed by atoms with van der Waals surface area (Å²) >= 11 is 0. The lowest BCUT2D eigenvalue weighted by molar-refractivity contribution is -0.146. The number of aromatic nitrogens is 2. The molecular formula is C22H28N4O3. The third kappa shape index (κ3) is 3.92. The van der Waals surface area contributed by atoms with E-state index in [9.17, 15) is 4.79 Å². The molecule has 1 atom stereocenters. The lowest BCUT2D eigenvalue weighted by Crippen LogP contribution is -2.49. The van der Waals surface area contributed by atoms with Gasteiger partial charge in [0.05, 0.1) is 26.2 Å². The summed E-state index contributed by atoms with van der Waals surface area (Å²) in [7, 11) is 3.27. The third-order valence-corrected chi connectivity index (χ3v) is 6.09. The molecule has 3 heterocycles. The summed E-state index contributed by atoms with van der Waals surface area (Å²) in [5.41, 5.74) is 0.684. The lowest BCUT2D eigenvalue weighted by atomic mass is 9.78. The summed E-state index contributed by atoms with van der Waals surface area (Å²) in [6, 6.07) is 7.65. The smallest absolute Gasteiger partial charge is 0.230 e. The number of likely N-dealkylation sites (tertiary alicyclic amines) is 2. The van der Waals surface area contributed by atoms with Gasteiger partial charge in [-0.25, -0.2) is 9.97 Å². The molecular weight excluding hydrogens is 368 g/mol. The number of piperidine rings is 1. The Bertz CT molecular complexity index is 860. The van der Waals surface area contributed by atoms with E-state index in [0.717, 1.165) is 50.3 Å². The first kappa shape index (κ1) is 19.6. The Morgan fingerprint density at radius 1 is 1.03 bits per heavy atom. The van der Waals surface area contributed by atoms with Gasteiger partial charge in [-0.15, -0.1) is 0 Å². The van der Waals surface area contributed by atoms with Crippen molar-refractivity contribution in [3.05, 3.63) is 48.0 Å². The number of methoxy groups -OCH3 is 2. The molecule has 1 spiro atoms. The Morgan fingerprint density at radius 3 is 2.62 bits per heavy atom. The summed E-state index contributed by atoms with van der Waals surface area (Å²) in [5, 5.41) is 0. The van der Waals surface area contributed by atoms with E-state index in [4.69, 9.17) is 9.47 Å². The highest BCUT2D eigenvalue weighted by Crippen LogP contribution is 2.41. The zero-order valence-corrected chi connectivity index (χ0v) is 17.1. The van der Waals surface area contributed by atoms with Gasteiger partial charge in [-0.2, -0.15) is 0 Å². The number of amides is 1. The van der Waals surface area contributed by atoms with Crippen molar-refractivity contribution in [2.45, 2.75) is 32.4 Å². The van der Waals surface area contributed by atoms with Gasteiger partial charge >= 0.3 is 0 Å². The van der Waals surface area contributed by atoms with Crippen LogP contribution in [-0.2, 0) is 17.9 Å². The van der Waals surface area contributed by atoms with E-state index >= 15 is 0 Å². The number of hydrogen-bond acceptors (Lipinski definition) is 6. The summed E-state index contributed by atoms with van der Waals surface area (Å²) in [5.74, 6) is 2.46. The Balaban J connectivity index is 1.47. The van der Waals surface area contributed by atoms with E-state index < -0.39 is 0 Å². The van der Waals surface area contributed by atoms with Crippen molar-refractivity contribution in [2.24, 2.45) is 5.41 Å². The minimum absolute atomic E-state index is 0.255. The number of rotatable bonds is 6. The topological polar surface area (TPSA) is 67.8 Å². The predicted molar refractivity (Wildman–Crippen MR) is 109 cm³/mol. The number of carbonyl (C=O) groups is 1. The van der Waals surface area contributed by atoms with Crippen LogP contribution in [-0.4, -0.2) is 59.5 Å². The molecule has 0 unspecified atom stereocenters. The fourth-order valence-electron chi connectivity index (χ4n) is 4.67. The maximum absolute atomic E-state index is 13.5. The predicted octanol–water partition coefficient (Wildman–Crippen LogP) is 2.51. The van der Waals surface area contributed by atoms with Gasteiger partial charge in [-0.1, -0.05) is 12.1 Å². The molecule has 0 bridgehead atoms. The second-order valence-electron chi connectivity index (χ2n) is 7.89. The van der Waals surface area contributed by atoms with Crippen molar-refractivity contribution in [2.75, 3.05) is 33.9 Å². The van der Waals surface area contributed by atoms with Gasteiger partial charge in [0, 0.05) is 37.6 Å². The SMILES string of the molecule is COc1cccc(CN2CCC[C@@]3(CCN(Cc4ncccn4)C3)C2=O)c1OC. The standard InChI is InChI=1S/C22H28N4O3/c1-28-18-7-3-6-17(20(18)29-2)14-26-12-4-8-22(21(26)27)9-13-25(16-22)15-19-23-10-5-11-24-19/h3,5-7,10-11H,4,8-9,12-16H2,1-2H3/t22-/m0/s1. The van der Waals surface area contributed by atoms with Crippen molar-refractivity contribution in [3.8, 4) is 11.5 Å². The number of benzene rings is 1. The molecule has 29 heavy (non-hydrogen) atoms. The highest BCUT2D eigenvalue weighted by atomic mass is 16.5. The maximum atomic E-state index is 13.5.